The summed E-state index contributed by atoms with van der Waals surface area (Å²) >= 11 is 6.20. The molecule has 0 saturated heterocycles. The van der Waals surface area contributed by atoms with E-state index in [1.807, 2.05) is 43.3 Å². The summed E-state index contributed by atoms with van der Waals surface area (Å²) in [5.74, 6) is 1.02. The fraction of sp³-hybridized carbons (Fsp3) is 0.296. The Kier molecular flexibility index (Phi) is 9.79. The lowest BCUT2D eigenvalue weighted by atomic mass is 10.1. The summed E-state index contributed by atoms with van der Waals surface area (Å²) in [6.45, 7) is 1.55. The van der Waals surface area contributed by atoms with E-state index in [1.54, 1.807) is 19.2 Å². The zero-order valence-electron chi connectivity index (χ0n) is 21.2. The number of hydrogen-bond donors (Lipinski definition) is 1. The number of nitrogens with one attached hydrogen (secondary N) is 1. The third-order valence-electron chi connectivity index (χ3n) is 5.86. The van der Waals surface area contributed by atoms with E-state index < -0.39 is 22.0 Å². The minimum atomic E-state index is -4.04. The Hall–Kier alpha value is -3.27. The number of methoxy groups -OCH3 is 3. The van der Waals surface area contributed by atoms with E-state index in [1.165, 1.54) is 32.4 Å². The zero-order chi connectivity index (χ0) is 27.0. The van der Waals surface area contributed by atoms with Crippen molar-refractivity contribution in [1.82, 2.24) is 9.62 Å². The lowest BCUT2D eigenvalue weighted by molar-refractivity contribution is -0.121. The summed E-state index contributed by atoms with van der Waals surface area (Å²) < 4.78 is 44.0. The molecule has 198 valence electrons. The van der Waals surface area contributed by atoms with Gasteiger partial charge in [0.15, 0.2) is 11.5 Å². The first-order valence-corrected chi connectivity index (χ1v) is 13.4. The van der Waals surface area contributed by atoms with Crippen molar-refractivity contribution in [2.24, 2.45) is 0 Å². The number of ether oxygens (including phenoxy) is 3. The molecule has 3 aromatic carbocycles. The molecule has 1 amide bonds. The smallest absolute Gasteiger partial charge is 0.243 e. The van der Waals surface area contributed by atoms with Crippen molar-refractivity contribution in [2.45, 2.75) is 24.3 Å². The van der Waals surface area contributed by atoms with Crippen LogP contribution in [0.3, 0.4) is 0 Å². The van der Waals surface area contributed by atoms with Crippen molar-refractivity contribution >= 4 is 27.5 Å². The van der Waals surface area contributed by atoms with Crippen LogP contribution >= 0.6 is 11.6 Å². The van der Waals surface area contributed by atoms with Gasteiger partial charge in [0.1, 0.15) is 5.75 Å². The molecule has 0 aromatic heterocycles. The number of nitrogens with zero attached hydrogens (tertiary/aromatic N) is 1. The molecule has 0 aliphatic rings. The fourth-order valence-corrected chi connectivity index (χ4v) is 5.54. The molecule has 1 atom stereocenters. The lowest BCUT2D eigenvalue weighted by Gasteiger charge is -2.24. The number of benzene rings is 3. The van der Waals surface area contributed by atoms with Gasteiger partial charge in [-0.1, -0.05) is 48.0 Å². The van der Waals surface area contributed by atoms with Crippen LogP contribution in [0.2, 0.25) is 5.02 Å². The van der Waals surface area contributed by atoms with Gasteiger partial charge in [-0.15, -0.1) is 0 Å². The summed E-state index contributed by atoms with van der Waals surface area (Å²) in [6.07, 6.45) is 0.433. The molecule has 0 radical (unpaired) electrons. The minimum Gasteiger partial charge on any atom is -0.495 e. The first-order valence-electron chi connectivity index (χ1n) is 11.6. The highest BCUT2D eigenvalue weighted by Gasteiger charge is 2.28. The average Bonchev–Trinajstić information content (AvgIpc) is 2.90. The molecular formula is C27H31ClN2O6S. The molecule has 0 bridgehead atoms. The topological polar surface area (TPSA) is 94.2 Å². The standard InChI is InChI=1S/C27H31ClN2O6S/c1-19(21-10-12-25(35-3)26(16-21)36-4)29-27(31)18-30(15-14-20-8-6-5-7-9-20)37(32,33)22-11-13-24(34-2)23(28)17-22/h5-13,16-17,19H,14-15,18H2,1-4H3,(H,29,31). The van der Waals surface area contributed by atoms with E-state index >= 15 is 0 Å². The van der Waals surface area contributed by atoms with Crippen LogP contribution in [0, 0.1) is 0 Å². The number of carbonyl (C=O) groups excluding carboxylic acids is 1. The zero-order valence-corrected chi connectivity index (χ0v) is 22.8. The van der Waals surface area contributed by atoms with Crippen molar-refractivity contribution in [3.8, 4) is 17.2 Å². The number of carbonyl (C=O) groups is 1. The van der Waals surface area contributed by atoms with E-state index in [2.05, 4.69) is 5.32 Å². The molecule has 3 rings (SSSR count). The third kappa shape index (κ3) is 7.15. The monoisotopic (exact) mass is 546 g/mol. The molecule has 0 heterocycles. The van der Waals surface area contributed by atoms with Crippen LogP contribution < -0.4 is 19.5 Å². The largest absolute Gasteiger partial charge is 0.495 e. The van der Waals surface area contributed by atoms with Gasteiger partial charge in [-0.25, -0.2) is 8.42 Å². The highest BCUT2D eigenvalue weighted by Crippen LogP contribution is 2.30. The average molecular weight is 547 g/mol. The Morgan fingerprint density at radius 1 is 0.919 bits per heavy atom. The van der Waals surface area contributed by atoms with Crippen LogP contribution in [0.15, 0.2) is 71.6 Å². The van der Waals surface area contributed by atoms with Gasteiger partial charge in [-0.2, -0.15) is 4.31 Å². The van der Waals surface area contributed by atoms with E-state index in [-0.39, 0.29) is 23.0 Å². The summed E-state index contributed by atoms with van der Waals surface area (Å²) in [6, 6.07) is 18.6. The Balaban J connectivity index is 1.82. The van der Waals surface area contributed by atoms with E-state index in [0.717, 1.165) is 15.4 Å². The second kappa shape index (κ2) is 12.8. The van der Waals surface area contributed by atoms with Crippen LogP contribution in [-0.2, 0) is 21.2 Å². The molecule has 37 heavy (non-hydrogen) atoms. The van der Waals surface area contributed by atoms with Crippen LogP contribution in [0.25, 0.3) is 0 Å². The normalized spacial score (nSPS) is 12.2. The summed E-state index contributed by atoms with van der Waals surface area (Å²) in [4.78, 5) is 13.0. The Morgan fingerprint density at radius 2 is 1.57 bits per heavy atom. The molecule has 0 aliphatic carbocycles. The molecule has 0 aliphatic heterocycles. The molecule has 1 N–H and O–H groups in total. The van der Waals surface area contributed by atoms with Crippen molar-refractivity contribution in [2.75, 3.05) is 34.4 Å². The third-order valence-corrected chi connectivity index (χ3v) is 8.00. The van der Waals surface area contributed by atoms with Crippen molar-refractivity contribution in [3.63, 3.8) is 0 Å². The van der Waals surface area contributed by atoms with Gasteiger partial charge < -0.3 is 19.5 Å². The SMILES string of the molecule is COc1ccc(S(=O)(=O)N(CCc2ccccc2)CC(=O)NC(C)c2ccc(OC)c(OC)c2)cc1Cl. The summed E-state index contributed by atoms with van der Waals surface area (Å²) in [5, 5.41) is 3.04. The van der Waals surface area contributed by atoms with E-state index in [0.29, 0.717) is 23.7 Å². The first kappa shape index (κ1) is 28.3. The molecule has 10 heteroatoms. The van der Waals surface area contributed by atoms with Gasteiger partial charge in [0.05, 0.1) is 43.8 Å². The van der Waals surface area contributed by atoms with Gasteiger partial charge in [-0.05, 0) is 54.8 Å². The quantitative estimate of drug-likeness (QED) is 0.360. The maximum Gasteiger partial charge on any atom is 0.243 e. The molecule has 0 saturated carbocycles. The van der Waals surface area contributed by atoms with Crippen LogP contribution in [0.1, 0.15) is 24.1 Å². The van der Waals surface area contributed by atoms with E-state index in [4.69, 9.17) is 25.8 Å². The molecule has 0 fully saturated rings. The van der Waals surface area contributed by atoms with Crippen molar-refractivity contribution in [3.05, 3.63) is 82.9 Å². The number of sulfonamides is 1. The van der Waals surface area contributed by atoms with Gasteiger partial charge >= 0.3 is 0 Å². The Labute approximate surface area is 223 Å². The second-order valence-corrected chi connectivity index (χ2v) is 10.6. The van der Waals surface area contributed by atoms with Crippen molar-refractivity contribution in [1.29, 1.82) is 0 Å². The van der Waals surface area contributed by atoms with E-state index in [9.17, 15) is 13.2 Å². The van der Waals surface area contributed by atoms with Gasteiger partial charge in [0.2, 0.25) is 15.9 Å². The number of hydrogen-bond acceptors (Lipinski definition) is 6. The van der Waals surface area contributed by atoms with Crippen LogP contribution in [-0.4, -0.2) is 53.0 Å². The Morgan fingerprint density at radius 3 is 2.19 bits per heavy atom. The number of rotatable bonds is 12. The second-order valence-electron chi connectivity index (χ2n) is 8.27. The van der Waals surface area contributed by atoms with Crippen LogP contribution in [0.4, 0.5) is 0 Å². The van der Waals surface area contributed by atoms with Gasteiger partial charge in [0, 0.05) is 6.54 Å². The lowest BCUT2D eigenvalue weighted by Crippen LogP contribution is -2.42. The Bertz CT molecular complexity index is 1320. The predicted molar refractivity (Wildman–Crippen MR) is 143 cm³/mol. The maximum atomic E-state index is 13.6. The summed E-state index contributed by atoms with van der Waals surface area (Å²) in [7, 11) is 0.490. The number of amides is 1. The minimum absolute atomic E-state index is 0.0212. The van der Waals surface area contributed by atoms with Gasteiger partial charge in [-0.3, -0.25) is 4.79 Å². The molecule has 1 unspecified atom stereocenters. The number of halogens is 1. The van der Waals surface area contributed by atoms with Crippen molar-refractivity contribution < 1.29 is 27.4 Å². The molecule has 3 aromatic rings. The highest BCUT2D eigenvalue weighted by molar-refractivity contribution is 7.89. The fourth-order valence-electron chi connectivity index (χ4n) is 3.79. The van der Waals surface area contributed by atoms with Crippen LogP contribution in [0.5, 0.6) is 17.2 Å². The van der Waals surface area contributed by atoms with Gasteiger partial charge in [0.25, 0.3) is 0 Å². The molecule has 0 spiro atoms. The maximum absolute atomic E-state index is 13.6. The first-order chi connectivity index (χ1) is 17.7. The highest BCUT2D eigenvalue weighted by atomic mass is 35.5. The molecular weight excluding hydrogens is 516 g/mol. The predicted octanol–water partition coefficient (Wildman–Crippen LogP) is 4.48. The molecule has 8 nitrogen and oxygen atoms in total. The summed E-state index contributed by atoms with van der Waals surface area (Å²) in [5.41, 5.74) is 1.74.